The molecule has 24 heavy (non-hydrogen) atoms. The van der Waals surface area contributed by atoms with Crippen LogP contribution in [-0.2, 0) is 6.42 Å². The summed E-state index contributed by atoms with van der Waals surface area (Å²) >= 11 is 0. The molecule has 124 valence electrons. The Kier molecular flexibility index (Phi) is 4.45. The van der Waals surface area contributed by atoms with Gasteiger partial charge in [-0.05, 0) is 81.0 Å². The second-order valence-corrected chi connectivity index (χ2v) is 7.54. The average Bonchev–Trinajstić information content (AvgIpc) is 2.50. The van der Waals surface area contributed by atoms with Crippen LogP contribution in [0.15, 0.2) is 36.4 Å². The number of rotatable bonds is 3. The fourth-order valence-corrected chi connectivity index (χ4v) is 3.46. The Hall–Kier alpha value is -2.15. The highest BCUT2D eigenvalue weighted by molar-refractivity contribution is 5.86. The van der Waals surface area contributed by atoms with Gasteiger partial charge in [0.15, 0.2) is 0 Å². The molecule has 3 rings (SSSR count). The van der Waals surface area contributed by atoms with Crippen LogP contribution >= 0.6 is 0 Å². The number of pyridine rings is 1. The summed E-state index contributed by atoms with van der Waals surface area (Å²) in [4.78, 5) is 5.00. The predicted octanol–water partition coefficient (Wildman–Crippen LogP) is 6.33. The zero-order valence-electron chi connectivity index (χ0n) is 15.7. The number of hydrogen-bond donors (Lipinski definition) is 0. The summed E-state index contributed by atoms with van der Waals surface area (Å²) in [6.45, 7) is 13.3. The quantitative estimate of drug-likeness (QED) is 0.549. The summed E-state index contributed by atoms with van der Waals surface area (Å²) in [7, 11) is 0. The Labute approximate surface area is 145 Å². The van der Waals surface area contributed by atoms with E-state index in [1.165, 1.54) is 38.8 Å². The first kappa shape index (κ1) is 16.7. The maximum absolute atomic E-state index is 5.00. The van der Waals surface area contributed by atoms with Crippen LogP contribution in [0.5, 0.6) is 0 Å². The molecule has 0 aliphatic carbocycles. The minimum atomic E-state index is 0.629. The van der Waals surface area contributed by atoms with Crippen molar-refractivity contribution in [3.63, 3.8) is 0 Å². The average molecular weight is 317 g/mol. The lowest BCUT2D eigenvalue weighted by Crippen LogP contribution is -1.99. The van der Waals surface area contributed by atoms with Crippen molar-refractivity contribution in [2.45, 2.75) is 48.0 Å². The van der Waals surface area contributed by atoms with Gasteiger partial charge >= 0.3 is 0 Å². The van der Waals surface area contributed by atoms with E-state index in [1.807, 2.05) is 0 Å². The highest BCUT2D eigenvalue weighted by Crippen LogP contribution is 2.30. The predicted molar refractivity (Wildman–Crippen MR) is 105 cm³/mol. The Morgan fingerprint density at radius 2 is 1.62 bits per heavy atom. The zero-order valence-corrected chi connectivity index (χ0v) is 15.7. The number of aryl methyl sites for hydroxylation is 3. The van der Waals surface area contributed by atoms with Gasteiger partial charge in [-0.25, -0.2) is 4.98 Å². The molecule has 1 aromatic heterocycles. The molecule has 1 heterocycles. The van der Waals surface area contributed by atoms with Gasteiger partial charge in [0.2, 0.25) is 0 Å². The van der Waals surface area contributed by atoms with Crippen molar-refractivity contribution >= 4 is 10.9 Å². The summed E-state index contributed by atoms with van der Waals surface area (Å²) in [6, 6.07) is 13.4. The third-order valence-electron chi connectivity index (χ3n) is 4.77. The van der Waals surface area contributed by atoms with Gasteiger partial charge in [-0.3, -0.25) is 0 Å². The van der Waals surface area contributed by atoms with Crippen molar-refractivity contribution in [1.82, 2.24) is 4.98 Å². The second-order valence-electron chi connectivity index (χ2n) is 7.54. The number of benzene rings is 2. The van der Waals surface area contributed by atoms with Gasteiger partial charge in [0.25, 0.3) is 0 Å². The lowest BCUT2D eigenvalue weighted by atomic mass is 9.93. The van der Waals surface area contributed by atoms with Gasteiger partial charge in [-0.2, -0.15) is 0 Å². The van der Waals surface area contributed by atoms with Crippen molar-refractivity contribution in [2.24, 2.45) is 5.92 Å². The molecule has 0 N–H and O–H groups in total. The van der Waals surface area contributed by atoms with Gasteiger partial charge in [0.1, 0.15) is 0 Å². The number of aromatic nitrogens is 1. The first-order valence-corrected chi connectivity index (χ1v) is 8.83. The standard InChI is InChI=1S/C23H27N/c1-14(2)9-19-13-23(20-12-16(4)10-17(5)18(20)6)24-22-8-7-15(3)11-21(19)22/h7-8,10-14H,9H2,1-6H3. The first-order valence-electron chi connectivity index (χ1n) is 8.83. The van der Waals surface area contributed by atoms with Crippen LogP contribution in [0.4, 0.5) is 0 Å². The molecule has 0 unspecified atom stereocenters. The molecule has 0 atom stereocenters. The molecule has 3 aromatic rings. The van der Waals surface area contributed by atoms with Gasteiger partial charge in [0.05, 0.1) is 11.2 Å². The molecule has 0 saturated heterocycles. The van der Waals surface area contributed by atoms with Crippen molar-refractivity contribution in [3.8, 4) is 11.3 Å². The molecule has 2 aromatic carbocycles. The Bertz CT molecular complexity index is 904. The van der Waals surface area contributed by atoms with Crippen LogP contribution < -0.4 is 0 Å². The lowest BCUT2D eigenvalue weighted by molar-refractivity contribution is 0.650. The largest absolute Gasteiger partial charge is 0.248 e. The van der Waals surface area contributed by atoms with Gasteiger partial charge < -0.3 is 0 Å². The fourth-order valence-electron chi connectivity index (χ4n) is 3.46. The van der Waals surface area contributed by atoms with E-state index in [0.717, 1.165) is 17.6 Å². The van der Waals surface area contributed by atoms with E-state index in [-0.39, 0.29) is 0 Å². The number of nitrogens with zero attached hydrogens (tertiary/aromatic N) is 1. The highest BCUT2D eigenvalue weighted by atomic mass is 14.7. The van der Waals surface area contributed by atoms with E-state index in [2.05, 4.69) is 77.9 Å². The monoisotopic (exact) mass is 317 g/mol. The van der Waals surface area contributed by atoms with Crippen LogP contribution in [0, 0.1) is 33.6 Å². The topological polar surface area (TPSA) is 12.9 Å². The maximum Gasteiger partial charge on any atom is 0.0715 e. The lowest BCUT2D eigenvalue weighted by Gasteiger charge is -2.15. The SMILES string of the molecule is Cc1cc(C)c(C)c(-c2cc(CC(C)C)c3cc(C)ccc3n2)c1. The van der Waals surface area contributed by atoms with Crippen LogP contribution in [0.1, 0.15) is 41.7 Å². The third-order valence-corrected chi connectivity index (χ3v) is 4.77. The van der Waals surface area contributed by atoms with E-state index in [0.29, 0.717) is 5.92 Å². The highest BCUT2D eigenvalue weighted by Gasteiger charge is 2.12. The van der Waals surface area contributed by atoms with E-state index in [1.54, 1.807) is 0 Å². The Balaban J connectivity index is 2.28. The molecule has 1 heteroatoms. The molecule has 0 aliphatic rings. The first-order chi connectivity index (χ1) is 11.3. The van der Waals surface area contributed by atoms with Crippen molar-refractivity contribution < 1.29 is 0 Å². The van der Waals surface area contributed by atoms with Crippen molar-refractivity contribution in [3.05, 3.63) is 64.2 Å². The third kappa shape index (κ3) is 3.21. The Morgan fingerprint density at radius 1 is 0.875 bits per heavy atom. The Morgan fingerprint density at radius 3 is 2.33 bits per heavy atom. The molecule has 0 saturated carbocycles. The number of hydrogen-bond acceptors (Lipinski definition) is 1. The molecule has 0 spiro atoms. The van der Waals surface area contributed by atoms with Gasteiger partial charge in [-0.15, -0.1) is 0 Å². The minimum absolute atomic E-state index is 0.629. The zero-order chi connectivity index (χ0) is 17.4. The maximum atomic E-state index is 5.00. The summed E-state index contributed by atoms with van der Waals surface area (Å²) in [5.74, 6) is 0.629. The molecular formula is C23H27N. The van der Waals surface area contributed by atoms with Crippen LogP contribution in [0.3, 0.4) is 0 Å². The van der Waals surface area contributed by atoms with Crippen LogP contribution in [0.25, 0.3) is 22.2 Å². The number of fused-ring (bicyclic) bond motifs is 1. The normalized spacial score (nSPS) is 11.5. The van der Waals surface area contributed by atoms with Crippen LogP contribution in [-0.4, -0.2) is 4.98 Å². The molecule has 0 bridgehead atoms. The molecule has 0 radical (unpaired) electrons. The summed E-state index contributed by atoms with van der Waals surface area (Å²) in [6.07, 6.45) is 1.08. The van der Waals surface area contributed by atoms with Crippen molar-refractivity contribution in [1.29, 1.82) is 0 Å². The molecule has 1 nitrogen and oxygen atoms in total. The minimum Gasteiger partial charge on any atom is -0.248 e. The van der Waals surface area contributed by atoms with E-state index >= 15 is 0 Å². The summed E-state index contributed by atoms with van der Waals surface area (Å²) in [5.41, 5.74) is 10.1. The van der Waals surface area contributed by atoms with Crippen LogP contribution in [0.2, 0.25) is 0 Å². The van der Waals surface area contributed by atoms with Crippen molar-refractivity contribution in [2.75, 3.05) is 0 Å². The van der Waals surface area contributed by atoms with E-state index in [9.17, 15) is 0 Å². The van der Waals surface area contributed by atoms with Gasteiger partial charge in [0, 0.05) is 10.9 Å². The van der Waals surface area contributed by atoms with E-state index in [4.69, 9.17) is 4.98 Å². The molecule has 0 amide bonds. The fraction of sp³-hybridized carbons (Fsp3) is 0.348. The smallest absolute Gasteiger partial charge is 0.0715 e. The summed E-state index contributed by atoms with van der Waals surface area (Å²) in [5, 5.41) is 1.30. The van der Waals surface area contributed by atoms with Gasteiger partial charge in [-0.1, -0.05) is 37.1 Å². The molecule has 0 aliphatic heterocycles. The molecule has 0 fully saturated rings. The van der Waals surface area contributed by atoms with E-state index < -0.39 is 0 Å². The summed E-state index contributed by atoms with van der Waals surface area (Å²) < 4.78 is 0. The molecular weight excluding hydrogens is 290 g/mol. The second kappa shape index (κ2) is 6.39.